The highest BCUT2D eigenvalue weighted by atomic mass is 15.0. The van der Waals surface area contributed by atoms with Gasteiger partial charge in [0.15, 0.2) is 0 Å². The van der Waals surface area contributed by atoms with Crippen molar-refractivity contribution in [2.24, 2.45) is 0 Å². The lowest BCUT2D eigenvalue weighted by Gasteiger charge is -2.10. The summed E-state index contributed by atoms with van der Waals surface area (Å²) in [5.74, 6) is 0. The van der Waals surface area contributed by atoms with Gasteiger partial charge in [-0.3, -0.25) is 0 Å². The Morgan fingerprint density at radius 2 is 2.00 bits per heavy atom. The van der Waals surface area contributed by atoms with Gasteiger partial charge in [-0.2, -0.15) is 0 Å². The molecule has 11 heavy (non-hydrogen) atoms. The fourth-order valence-corrected chi connectivity index (χ4v) is 1.58. The molecule has 0 atom stereocenters. The Morgan fingerprint density at radius 1 is 1.27 bits per heavy atom. The maximum Gasteiger partial charge on any atom is 0.0266 e. The maximum absolute atomic E-state index is 3.59. The second kappa shape index (κ2) is 5.19. The van der Waals surface area contributed by atoms with Crippen LogP contribution in [-0.2, 0) is 0 Å². The highest BCUT2D eigenvalue weighted by Crippen LogP contribution is 2.16. The summed E-state index contributed by atoms with van der Waals surface area (Å²) in [7, 11) is 0. The lowest BCUT2D eigenvalue weighted by molar-refractivity contribution is 0.522. The molecular weight excluding hydrogens is 136 g/mol. The molecule has 0 aromatic rings. The molecule has 0 bridgehead atoms. The number of hydrogen-bond donors (Lipinski definition) is 2. The summed E-state index contributed by atoms with van der Waals surface area (Å²) in [6.45, 7) is 5.66. The maximum atomic E-state index is 3.59. The molecule has 0 aliphatic heterocycles. The van der Waals surface area contributed by atoms with Crippen LogP contribution in [0.25, 0.3) is 0 Å². The van der Waals surface area contributed by atoms with Crippen LogP contribution < -0.4 is 10.6 Å². The Hall–Kier alpha value is -0.500. The van der Waals surface area contributed by atoms with Crippen molar-refractivity contribution in [3.8, 4) is 0 Å². The van der Waals surface area contributed by atoms with Crippen molar-refractivity contribution in [1.29, 1.82) is 0 Å². The molecule has 1 aliphatic rings. The Labute approximate surface area is 69.1 Å². The van der Waals surface area contributed by atoms with E-state index in [0.717, 1.165) is 19.1 Å². The van der Waals surface area contributed by atoms with Crippen LogP contribution in [0.3, 0.4) is 0 Å². The van der Waals surface area contributed by atoms with E-state index in [9.17, 15) is 0 Å². The van der Waals surface area contributed by atoms with Gasteiger partial charge in [0.2, 0.25) is 0 Å². The first-order chi connectivity index (χ1) is 5.43. The number of nitrogens with one attached hydrogen (secondary N) is 2. The van der Waals surface area contributed by atoms with Gasteiger partial charge >= 0.3 is 0 Å². The molecule has 1 saturated carbocycles. The van der Waals surface area contributed by atoms with Gasteiger partial charge in [0.25, 0.3) is 0 Å². The topological polar surface area (TPSA) is 24.1 Å². The molecule has 2 N–H and O–H groups in total. The van der Waals surface area contributed by atoms with E-state index in [4.69, 9.17) is 0 Å². The molecule has 2 heteroatoms. The standard InChI is InChI=1S/C9H18N2/c1-2-10-7-8-11-9-5-3-4-6-9/h2,9-11H,1,3-8H2. The quantitative estimate of drug-likeness (QED) is 0.582. The predicted octanol–water partition coefficient (Wildman–Crippen LogP) is 1.25. The van der Waals surface area contributed by atoms with Crippen molar-refractivity contribution in [1.82, 2.24) is 10.6 Å². The summed E-state index contributed by atoms with van der Waals surface area (Å²) in [6, 6.07) is 0.793. The van der Waals surface area contributed by atoms with Crippen molar-refractivity contribution in [2.75, 3.05) is 13.1 Å². The van der Waals surface area contributed by atoms with E-state index < -0.39 is 0 Å². The first-order valence-corrected chi connectivity index (χ1v) is 4.51. The van der Waals surface area contributed by atoms with E-state index in [1.807, 2.05) is 0 Å². The lowest BCUT2D eigenvalue weighted by Crippen LogP contribution is -2.31. The van der Waals surface area contributed by atoms with Gasteiger partial charge in [0, 0.05) is 19.1 Å². The third kappa shape index (κ3) is 3.42. The van der Waals surface area contributed by atoms with Crippen LogP contribution in [0.1, 0.15) is 25.7 Å². The Kier molecular flexibility index (Phi) is 4.06. The van der Waals surface area contributed by atoms with Crippen molar-refractivity contribution in [3.63, 3.8) is 0 Å². The number of rotatable bonds is 5. The van der Waals surface area contributed by atoms with Crippen molar-refractivity contribution in [3.05, 3.63) is 12.8 Å². The third-order valence-electron chi connectivity index (χ3n) is 2.20. The summed E-state index contributed by atoms with van der Waals surface area (Å²) in [4.78, 5) is 0. The van der Waals surface area contributed by atoms with Crippen LogP contribution >= 0.6 is 0 Å². The second-order valence-corrected chi connectivity index (χ2v) is 3.09. The molecule has 0 heterocycles. The Bertz CT molecular complexity index is 106. The highest BCUT2D eigenvalue weighted by molar-refractivity contribution is 4.74. The zero-order valence-electron chi connectivity index (χ0n) is 7.10. The number of hydrogen-bond acceptors (Lipinski definition) is 2. The molecular formula is C9H18N2. The average molecular weight is 154 g/mol. The van der Waals surface area contributed by atoms with Gasteiger partial charge in [0.1, 0.15) is 0 Å². The summed E-state index contributed by atoms with van der Waals surface area (Å²) in [5.41, 5.74) is 0. The first kappa shape index (κ1) is 8.60. The van der Waals surface area contributed by atoms with Crippen LogP contribution in [0.5, 0.6) is 0 Å². The summed E-state index contributed by atoms with van der Waals surface area (Å²) < 4.78 is 0. The van der Waals surface area contributed by atoms with Crippen molar-refractivity contribution in [2.45, 2.75) is 31.7 Å². The molecule has 0 spiro atoms. The molecule has 0 aromatic heterocycles. The fraction of sp³-hybridized carbons (Fsp3) is 0.778. The Morgan fingerprint density at radius 3 is 2.64 bits per heavy atom. The van der Waals surface area contributed by atoms with Gasteiger partial charge in [-0.25, -0.2) is 0 Å². The molecule has 0 amide bonds. The minimum atomic E-state index is 0.793. The van der Waals surface area contributed by atoms with E-state index >= 15 is 0 Å². The van der Waals surface area contributed by atoms with E-state index in [-0.39, 0.29) is 0 Å². The molecule has 64 valence electrons. The van der Waals surface area contributed by atoms with Crippen LogP contribution in [0.15, 0.2) is 12.8 Å². The largest absolute Gasteiger partial charge is 0.390 e. The van der Waals surface area contributed by atoms with Gasteiger partial charge in [-0.15, -0.1) is 0 Å². The molecule has 0 unspecified atom stereocenters. The molecule has 1 rings (SSSR count). The minimum absolute atomic E-state index is 0.793. The molecule has 0 saturated heterocycles. The van der Waals surface area contributed by atoms with Crippen LogP contribution in [0.2, 0.25) is 0 Å². The van der Waals surface area contributed by atoms with E-state index in [1.165, 1.54) is 25.7 Å². The van der Waals surface area contributed by atoms with Crippen molar-refractivity contribution >= 4 is 0 Å². The van der Waals surface area contributed by atoms with E-state index in [2.05, 4.69) is 17.2 Å². The summed E-state index contributed by atoms with van der Waals surface area (Å²) in [6.07, 6.45) is 7.30. The van der Waals surface area contributed by atoms with Gasteiger partial charge in [-0.1, -0.05) is 19.4 Å². The zero-order chi connectivity index (χ0) is 7.94. The SMILES string of the molecule is C=CNCCNC1CCCC1. The van der Waals surface area contributed by atoms with Gasteiger partial charge in [0.05, 0.1) is 0 Å². The minimum Gasteiger partial charge on any atom is -0.390 e. The van der Waals surface area contributed by atoms with E-state index in [1.54, 1.807) is 6.20 Å². The van der Waals surface area contributed by atoms with Crippen LogP contribution in [0.4, 0.5) is 0 Å². The second-order valence-electron chi connectivity index (χ2n) is 3.09. The smallest absolute Gasteiger partial charge is 0.0266 e. The monoisotopic (exact) mass is 154 g/mol. The highest BCUT2D eigenvalue weighted by Gasteiger charge is 2.12. The average Bonchev–Trinajstić information content (AvgIpc) is 2.50. The fourth-order valence-electron chi connectivity index (χ4n) is 1.58. The summed E-state index contributed by atoms with van der Waals surface area (Å²) >= 11 is 0. The third-order valence-corrected chi connectivity index (χ3v) is 2.20. The molecule has 1 fully saturated rings. The molecule has 1 aliphatic carbocycles. The van der Waals surface area contributed by atoms with Crippen LogP contribution in [0, 0.1) is 0 Å². The van der Waals surface area contributed by atoms with Crippen LogP contribution in [-0.4, -0.2) is 19.1 Å². The molecule has 2 nitrogen and oxygen atoms in total. The zero-order valence-corrected chi connectivity index (χ0v) is 7.10. The Balaban J connectivity index is 1.89. The molecule has 0 radical (unpaired) electrons. The van der Waals surface area contributed by atoms with Crippen molar-refractivity contribution < 1.29 is 0 Å². The predicted molar refractivity (Wildman–Crippen MR) is 48.5 cm³/mol. The summed E-state index contributed by atoms with van der Waals surface area (Å²) in [5, 5.41) is 6.58. The molecule has 0 aromatic carbocycles. The first-order valence-electron chi connectivity index (χ1n) is 4.51. The lowest BCUT2D eigenvalue weighted by atomic mass is 10.2. The van der Waals surface area contributed by atoms with Gasteiger partial charge < -0.3 is 10.6 Å². The normalized spacial score (nSPS) is 18.5. The van der Waals surface area contributed by atoms with Gasteiger partial charge in [-0.05, 0) is 19.0 Å². The van der Waals surface area contributed by atoms with E-state index in [0.29, 0.717) is 0 Å².